The number of aryl methyl sites for hydroxylation is 3. The van der Waals surface area contributed by atoms with Crippen molar-refractivity contribution >= 4 is 33.2 Å². The number of rotatable bonds is 4. The van der Waals surface area contributed by atoms with Gasteiger partial charge in [-0.2, -0.15) is 4.31 Å². The number of carbonyl (C=O) groups is 2. The third-order valence-electron chi connectivity index (χ3n) is 5.95. The first-order valence-electron chi connectivity index (χ1n) is 10.6. The summed E-state index contributed by atoms with van der Waals surface area (Å²) < 4.78 is 34.0. The van der Waals surface area contributed by atoms with Crippen molar-refractivity contribution in [3.8, 4) is 5.75 Å². The van der Waals surface area contributed by atoms with Crippen molar-refractivity contribution in [2.24, 2.45) is 0 Å². The Morgan fingerprint density at radius 3 is 2.66 bits per heavy atom. The Labute approximate surface area is 188 Å². The van der Waals surface area contributed by atoms with E-state index in [0.717, 1.165) is 11.1 Å². The molecule has 8 nitrogen and oxygen atoms in total. The molecule has 2 aromatic carbocycles. The Hall–Kier alpha value is -2.91. The number of hydrogen-bond donors (Lipinski definition) is 2. The van der Waals surface area contributed by atoms with E-state index in [2.05, 4.69) is 10.6 Å². The molecular weight excluding hydrogens is 430 g/mol. The fraction of sp³-hybridized carbons (Fsp3) is 0.391. The van der Waals surface area contributed by atoms with Crippen molar-refractivity contribution < 1.29 is 22.7 Å². The molecule has 0 aliphatic carbocycles. The highest BCUT2D eigenvalue weighted by atomic mass is 32.2. The number of nitrogens with one attached hydrogen (secondary N) is 2. The van der Waals surface area contributed by atoms with Gasteiger partial charge in [-0.05, 0) is 69.4 Å². The molecule has 2 heterocycles. The summed E-state index contributed by atoms with van der Waals surface area (Å²) in [5.41, 5.74) is 3.52. The molecule has 0 bridgehead atoms. The molecule has 2 aliphatic rings. The summed E-state index contributed by atoms with van der Waals surface area (Å²) in [6.45, 7) is 7.36. The minimum Gasteiger partial charge on any atom is -0.479 e. The zero-order valence-corrected chi connectivity index (χ0v) is 19.4. The van der Waals surface area contributed by atoms with Gasteiger partial charge in [-0.15, -0.1) is 0 Å². The third-order valence-corrected chi connectivity index (χ3v) is 8.00. The molecule has 4 rings (SSSR count). The minimum absolute atomic E-state index is 0.0750. The summed E-state index contributed by atoms with van der Waals surface area (Å²) >= 11 is 0. The van der Waals surface area contributed by atoms with Crippen molar-refractivity contribution in [2.45, 2.75) is 57.6 Å². The number of amides is 2. The van der Waals surface area contributed by atoms with Gasteiger partial charge in [-0.1, -0.05) is 12.1 Å². The molecule has 0 radical (unpaired) electrons. The molecule has 2 atom stereocenters. The zero-order valence-electron chi connectivity index (χ0n) is 18.6. The van der Waals surface area contributed by atoms with Gasteiger partial charge in [-0.25, -0.2) is 8.42 Å². The fourth-order valence-corrected chi connectivity index (χ4v) is 6.00. The highest BCUT2D eigenvalue weighted by molar-refractivity contribution is 7.89. The average molecular weight is 458 g/mol. The molecule has 2 unspecified atom stereocenters. The number of sulfonamides is 1. The predicted octanol–water partition coefficient (Wildman–Crippen LogP) is 3.12. The van der Waals surface area contributed by atoms with Gasteiger partial charge in [0.1, 0.15) is 11.8 Å². The molecule has 0 spiro atoms. The van der Waals surface area contributed by atoms with Gasteiger partial charge in [0.2, 0.25) is 15.9 Å². The first-order valence-corrected chi connectivity index (χ1v) is 12.0. The number of hydrogen-bond acceptors (Lipinski definition) is 5. The van der Waals surface area contributed by atoms with Crippen LogP contribution in [0.5, 0.6) is 5.75 Å². The lowest BCUT2D eigenvalue weighted by atomic mass is 10.1. The summed E-state index contributed by atoms with van der Waals surface area (Å²) in [7, 11) is -3.96. The van der Waals surface area contributed by atoms with Gasteiger partial charge in [0.25, 0.3) is 5.91 Å². The van der Waals surface area contributed by atoms with E-state index in [1.807, 2.05) is 32.0 Å². The Balaban J connectivity index is 1.63. The Bertz CT molecular complexity index is 1210. The van der Waals surface area contributed by atoms with Crippen molar-refractivity contribution in [1.29, 1.82) is 0 Å². The van der Waals surface area contributed by atoms with Crippen LogP contribution in [0.1, 0.15) is 36.5 Å². The van der Waals surface area contributed by atoms with Crippen LogP contribution >= 0.6 is 0 Å². The van der Waals surface area contributed by atoms with Crippen LogP contribution in [-0.2, 0) is 19.6 Å². The summed E-state index contributed by atoms with van der Waals surface area (Å²) in [5.74, 6) is -0.320. The summed E-state index contributed by atoms with van der Waals surface area (Å²) in [4.78, 5) is 25.0. The van der Waals surface area contributed by atoms with Gasteiger partial charge in [-0.3, -0.25) is 9.59 Å². The molecule has 0 aromatic heterocycles. The van der Waals surface area contributed by atoms with E-state index in [1.54, 1.807) is 19.9 Å². The van der Waals surface area contributed by atoms with Crippen LogP contribution in [0.2, 0.25) is 0 Å². The molecule has 1 saturated heterocycles. The first kappa shape index (κ1) is 22.3. The van der Waals surface area contributed by atoms with Crippen LogP contribution in [0.25, 0.3) is 0 Å². The Morgan fingerprint density at radius 2 is 1.91 bits per heavy atom. The molecule has 9 heteroatoms. The van der Waals surface area contributed by atoms with Crippen LogP contribution in [0.3, 0.4) is 0 Å². The molecule has 2 aliphatic heterocycles. The lowest BCUT2D eigenvalue weighted by molar-refractivity contribution is -0.122. The van der Waals surface area contributed by atoms with Crippen molar-refractivity contribution in [3.63, 3.8) is 0 Å². The highest BCUT2D eigenvalue weighted by Crippen LogP contribution is 2.37. The van der Waals surface area contributed by atoms with Gasteiger partial charge >= 0.3 is 0 Å². The number of anilines is 2. The summed E-state index contributed by atoms with van der Waals surface area (Å²) in [6, 6.07) is 7.99. The highest BCUT2D eigenvalue weighted by Gasteiger charge is 2.41. The largest absolute Gasteiger partial charge is 0.479 e. The average Bonchev–Trinajstić information content (AvgIpc) is 3.22. The monoisotopic (exact) mass is 457 g/mol. The molecular formula is C23H27N3O5S. The quantitative estimate of drug-likeness (QED) is 0.734. The van der Waals surface area contributed by atoms with Gasteiger partial charge in [0.05, 0.1) is 10.6 Å². The van der Waals surface area contributed by atoms with E-state index in [1.165, 1.54) is 10.4 Å². The van der Waals surface area contributed by atoms with Crippen LogP contribution in [-0.4, -0.2) is 43.2 Å². The SMILES string of the molecule is Cc1ccc(C)c(NC(=O)C2CCCN2S(=O)(=O)c2cc3c(cc2C)NC(=O)C(C)O3)c1. The van der Waals surface area contributed by atoms with Crippen LogP contribution in [0.15, 0.2) is 35.2 Å². The third kappa shape index (κ3) is 3.98. The van der Waals surface area contributed by atoms with Gasteiger partial charge in [0.15, 0.2) is 6.10 Å². The molecule has 170 valence electrons. The normalized spacial score (nSPS) is 20.9. The second kappa shape index (κ2) is 8.22. The van der Waals surface area contributed by atoms with Crippen molar-refractivity contribution in [3.05, 3.63) is 47.0 Å². The summed E-state index contributed by atoms with van der Waals surface area (Å²) in [6.07, 6.45) is 0.324. The van der Waals surface area contributed by atoms with Crippen LogP contribution < -0.4 is 15.4 Å². The maximum atomic E-state index is 13.6. The maximum Gasteiger partial charge on any atom is 0.265 e. The van der Waals surface area contributed by atoms with E-state index in [0.29, 0.717) is 35.5 Å². The number of nitrogens with zero attached hydrogens (tertiary/aromatic N) is 1. The zero-order chi connectivity index (χ0) is 23.2. The summed E-state index contributed by atoms with van der Waals surface area (Å²) in [5, 5.41) is 5.63. The topological polar surface area (TPSA) is 105 Å². The molecule has 1 fully saturated rings. The number of ether oxygens (including phenoxy) is 1. The number of fused-ring (bicyclic) bond motifs is 1. The smallest absolute Gasteiger partial charge is 0.265 e. The van der Waals surface area contributed by atoms with E-state index in [4.69, 9.17) is 4.74 Å². The van der Waals surface area contributed by atoms with Crippen molar-refractivity contribution in [2.75, 3.05) is 17.2 Å². The van der Waals surface area contributed by atoms with E-state index < -0.39 is 22.2 Å². The van der Waals surface area contributed by atoms with Crippen LogP contribution in [0.4, 0.5) is 11.4 Å². The van der Waals surface area contributed by atoms with Gasteiger partial charge in [0, 0.05) is 18.3 Å². The molecule has 2 aromatic rings. The van der Waals surface area contributed by atoms with E-state index >= 15 is 0 Å². The Kier molecular flexibility index (Phi) is 5.72. The number of carbonyl (C=O) groups excluding carboxylic acids is 2. The molecule has 2 amide bonds. The Morgan fingerprint density at radius 1 is 1.16 bits per heavy atom. The second-order valence-electron chi connectivity index (χ2n) is 8.44. The number of benzene rings is 2. The first-order chi connectivity index (χ1) is 15.1. The standard InChI is InChI=1S/C23H27N3O5S/c1-13-7-8-14(2)17(10-13)24-23(28)19-6-5-9-26(19)32(29,30)21-12-20-18(11-15(21)3)25-22(27)16(4)31-20/h7-8,10-12,16,19H,5-6,9H2,1-4H3,(H,24,28)(H,25,27). The van der Waals surface area contributed by atoms with E-state index in [9.17, 15) is 18.0 Å². The van der Waals surface area contributed by atoms with Crippen LogP contribution in [0, 0.1) is 20.8 Å². The maximum absolute atomic E-state index is 13.6. The molecule has 2 N–H and O–H groups in total. The molecule has 32 heavy (non-hydrogen) atoms. The lowest BCUT2D eigenvalue weighted by Crippen LogP contribution is -2.43. The van der Waals surface area contributed by atoms with Crippen molar-refractivity contribution in [1.82, 2.24) is 4.31 Å². The fourth-order valence-electron chi connectivity index (χ4n) is 4.12. The van der Waals surface area contributed by atoms with E-state index in [-0.39, 0.29) is 23.3 Å². The molecule has 0 saturated carbocycles. The second-order valence-corrected chi connectivity index (χ2v) is 10.3. The van der Waals surface area contributed by atoms with Gasteiger partial charge < -0.3 is 15.4 Å². The minimum atomic E-state index is -3.96. The predicted molar refractivity (Wildman–Crippen MR) is 121 cm³/mol. The lowest BCUT2D eigenvalue weighted by Gasteiger charge is -2.27.